The van der Waals surface area contributed by atoms with Crippen molar-refractivity contribution in [2.24, 2.45) is 4.99 Å². The second-order valence-corrected chi connectivity index (χ2v) is 9.54. The topological polar surface area (TPSA) is 89.7 Å². The summed E-state index contributed by atoms with van der Waals surface area (Å²) in [5.74, 6) is 0.354. The van der Waals surface area contributed by atoms with Crippen LogP contribution in [0.4, 0.5) is 5.69 Å². The highest BCUT2D eigenvalue weighted by molar-refractivity contribution is 5.64. The van der Waals surface area contributed by atoms with Crippen LogP contribution >= 0.6 is 0 Å². The summed E-state index contributed by atoms with van der Waals surface area (Å²) in [5.41, 5.74) is 5.14. The molecule has 3 rings (SSSR count). The highest BCUT2D eigenvalue weighted by atomic mass is 16.5. The van der Waals surface area contributed by atoms with Gasteiger partial charge in [-0.15, -0.1) is 0 Å². The third kappa shape index (κ3) is 6.99. The minimum atomic E-state index is -0.514. The Bertz CT molecular complexity index is 1090. The molecular weight excluding hydrogens is 482 g/mol. The summed E-state index contributed by atoms with van der Waals surface area (Å²) in [6.07, 6.45) is 3.36. The van der Waals surface area contributed by atoms with Crippen molar-refractivity contribution in [1.29, 1.82) is 0 Å². The number of aliphatic imine (C=N–C) groups is 1. The molecule has 0 fully saturated rings. The monoisotopic (exact) mass is 521 g/mol. The van der Waals surface area contributed by atoms with Crippen molar-refractivity contribution in [1.82, 2.24) is 0 Å². The van der Waals surface area contributed by atoms with Gasteiger partial charge in [-0.05, 0) is 60.4 Å². The number of ether oxygens (including phenoxy) is 4. The minimum Gasteiger partial charge on any atom is -0.507 e. The Hall–Kier alpha value is -3.23. The van der Waals surface area contributed by atoms with E-state index in [1.807, 2.05) is 60.8 Å². The van der Waals surface area contributed by atoms with Crippen LogP contribution in [0.1, 0.15) is 53.1 Å². The molecule has 38 heavy (non-hydrogen) atoms. The molecule has 7 heteroatoms. The van der Waals surface area contributed by atoms with Crippen molar-refractivity contribution in [2.75, 3.05) is 28.4 Å². The number of phenols is 2. The first-order valence-electron chi connectivity index (χ1n) is 12.6. The zero-order valence-electron chi connectivity index (χ0n) is 23.0. The van der Waals surface area contributed by atoms with Gasteiger partial charge >= 0.3 is 0 Å². The zero-order valence-corrected chi connectivity index (χ0v) is 23.0. The molecule has 0 aliphatic rings. The summed E-state index contributed by atoms with van der Waals surface area (Å²) in [7, 11) is 6.43. The van der Waals surface area contributed by atoms with Crippen molar-refractivity contribution in [3.63, 3.8) is 0 Å². The molecule has 0 bridgehead atoms. The lowest BCUT2D eigenvalue weighted by atomic mass is 9.71. The highest BCUT2D eigenvalue weighted by Crippen LogP contribution is 2.42. The van der Waals surface area contributed by atoms with E-state index >= 15 is 0 Å². The van der Waals surface area contributed by atoms with E-state index in [9.17, 15) is 10.2 Å². The molecule has 0 heterocycles. The van der Waals surface area contributed by atoms with Gasteiger partial charge < -0.3 is 29.2 Å². The molecule has 0 saturated heterocycles. The summed E-state index contributed by atoms with van der Waals surface area (Å²) in [6, 6.07) is 17.8. The first-order chi connectivity index (χ1) is 18.4. The van der Waals surface area contributed by atoms with E-state index in [0.717, 1.165) is 23.2 Å². The summed E-state index contributed by atoms with van der Waals surface area (Å²) in [4.78, 5) is 4.63. The number of benzene rings is 3. The van der Waals surface area contributed by atoms with Gasteiger partial charge in [0, 0.05) is 62.3 Å². The average Bonchev–Trinajstić information content (AvgIpc) is 2.92. The second-order valence-electron chi connectivity index (χ2n) is 9.54. The first kappa shape index (κ1) is 29.3. The standard InChI is InChI=1S/C31H39NO6/c1-31(12-9-13-32-28-10-7-6-8-11-28,26-14-22(18-35-2)29(33)23(15-26)19-36-3)27-16-24(20-37-4)30(34)25(17-27)21-38-5/h6-8,10-11,13-17,33-34H,9,12,18-21H2,1-5H3. The average molecular weight is 522 g/mol. The smallest absolute Gasteiger partial charge is 0.126 e. The van der Waals surface area contributed by atoms with E-state index in [-0.39, 0.29) is 37.9 Å². The van der Waals surface area contributed by atoms with Crippen LogP contribution in [0.5, 0.6) is 11.5 Å². The lowest BCUT2D eigenvalue weighted by Crippen LogP contribution is -2.25. The molecule has 0 spiro atoms. The summed E-state index contributed by atoms with van der Waals surface area (Å²) in [6.45, 7) is 3.23. The maximum absolute atomic E-state index is 10.9. The van der Waals surface area contributed by atoms with E-state index in [2.05, 4.69) is 11.9 Å². The molecule has 204 valence electrons. The van der Waals surface area contributed by atoms with E-state index in [1.54, 1.807) is 28.4 Å². The number of para-hydroxylation sites is 1. The zero-order chi connectivity index (χ0) is 27.5. The van der Waals surface area contributed by atoms with Gasteiger partial charge in [0.2, 0.25) is 0 Å². The number of phenolic OH excluding ortho intramolecular Hbond substituents is 2. The van der Waals surface area contributed by atoms with Gasteiger partial charge in [0.25, 0.3) is 0 Å². The Morgan fingerprint density at radius 1 is 0.684 bits per heavy atom. The fraction of sp³-hybridized carbons (Fsp3) is 0.387. The fourth-order valence-electron chi connectivity index (χ4n) is 4.71. The Labute approximate surface area is 225 Å². The largest absolute Gasteiger partial charge is 0.507 e. The first-order valence-corrected chi connectivity index (χ1v) is 12.6. The molecule has 7 nitrogen and oxygen atoms in total. The van der Waals surface area contributed by atoms with Crippen LogP contribution < -0.4 is 0 Å². The predicted octanol–water partition coefficient (Wildman–Crippen LogP) is 6.17. The van der Waals surface area contributed by atoms with E-state index in [1.165, 1.54) is 0 Å². The van der Waals surface area contributed by atoms with Crippen molar-refractivity contribution in [3.05, 3.63) is 88.0 Å². The minimum absolute atomic E-state index is 0.177. The SMILES string of the molecule is COCc1cc(C(C)(CCC=Nc2ccccc2)c2cc(COC)c(O)c(COC)c2)cc(COC)c1O. The number of nitrogens with zero attached hydrogens (tertiary/aromatic N) is 1. The van der Waals surface area contributed by atoms with Crippen molar-refractivity contribution < 1.29 is 29.2 Å². The van der Waals surface area contributed by atoms with Crippen LogP contribution in [0.3, 0.4) is 0 Å². The van der Waals surface area contributed by atoms with Gasteiger partial charge in [-0.25, -0.2) is 0 Å². The van der Waals surface area contributed by atoms with Gasteiger partial charge in [-0.3, -0.25) is 4.99 Å². The molecule has 0 aliphatic heterocycles. The summed E-state index contributed by atoms with van der Waals surface area (Å²) >= 11 is 0. The Balaban J connectivity index is 2.16. The van der Waals surface area contributed by atoms with Crippen LogP contribution in [0.15, 0.2) is 59.6 Å². The molecule has 0 unspecified atom stereocenters. The molecule has 0 saturated carbocycles. The molecule has 0 amide bonds. The molecule has 3 aromatic carbocycles. The van der Waals surface area contributed by atoms with Crippen molar-refractivity contribution >= 4 is 11.9 Å². The van der Waals surface area contributed by atoms with Gasteiger partial charge in [0.15, 0.2) is 0 Å². The lowest BCUT2D eigenvalue weighted by Gasteiger charge is -2.33. The predicted molar refractivity (Wildman–Crippen MR) is 149 cm³/mol. The number of rotatable bonds is 14. The van der Waals surface area contributed by atoms with Gasteiger partial charge in [-0.1, -0.05) is 25.1 Å². The molecule has 0 aliphatic carbocycles. The van der Waals surface area contributed by atoms with E-state index < -0.39 is 5.41 Å². The molecule has 0 atom stereocenters. The number of aromatic hydroxyl groups is 2. The van der Waals surface area contributed by atoms with Crippen LogP contribution in [0.2, 0.25) is 0 Å². The van der Waals surface area contributed by atoms with Crippen LogP contribution in [0.25, 0.3) is 0 Å². The Kier molecular flexibility index (Phi) is 10.9. The van der Waals surface area contributed by atoms with Crippen LogP contribution in [-0.4, -0.2) is 44.9 Å². The normalized spacial score (nSPS) is 11.9. The fourth-order valence-corrected chi connectivity index (χ4v) is 4.71. The number of hydrogen-bond acceptors (Lipinski definition) is 7. The van der Waals surface area contributed by atoms with Crippen LogP contribution in [0, 0.1) is 0 Å². The molecular formula is C31H39NO6. The maximum Gasteiger partial charge on any atom is 0.126 e. The third-order valence-electron chi connectivity index (χ3n) is 6.78. The molecule has 2 N–H and O–H groups in total. The van der Waals surface area contributed by atoms with Gasteiger partial charge in [-0.2, -0.15) is 0 Å². The van der Waals surface area contributed by atoms with Gasteiger partial charge in [0.05, 0.1) is 32.1 Å². The molecule has 0 radical (unpaired) electrons. The van der Waals surface area contributed by atoms with Crippen molar-refractivity contribution in [2.45, 2.75) is 51.6 Å². The third-order valence-corrected chi connectivity index (χ3v) is 6.78. The Morgan fingerprint density at radius 2 is 1.08 bits per heavy atom. The summed E-state index contributed by atoms with van der Waals surface area (Å²) < 4.78 is 21.6. The summed E-state index contributed by atoms with van der Waals surface area (Å²) in [5, 5.41) is 21.7. The number of hydrogen-bond donors (Lipinski definition) is 2. The van der Waals surface area contributed by atoms with Crippen LogP contribution in [-0.2, 0) is 50.8 Å². The van der Waals surface area contributed by atoms with E-state index in [0.29, 0.717) is 28.7 Å². The van der Waals surface area contributed by atoms with Gasteiger partial charge in [0.1, 0.15) is 11.5 Å². The maximum atomic E-state index is 10.9. The molecule has 3 aromatic rings. The Morgan fingerprint density at radius 3 is 1.45 bits per heavy atom. The quantitative estimate of drug-likeness (QED) is 0.247. The lowest BCUT2D eigenvalue weighted by molar-refractivity contribution is 0.174. The van der Waals surface area contributed by atoms with E-state index in [4.69, 9.17) is 18.9 Å². The van der Waals surface area contributed by atoms with Crippen molar-refractivity contribution in [3.8, 4) is 11.5 Å². The number of methoxy groups -OCH3 is 4. The molecule has 0 aromatic heterocycles. The highest BCUT2D eigenvalue weighted by Gasteiger charge is 2.32. The second kappa shape index (κ2) is 14.1.